The second kappa shape index (κ2) is 11.7. The first-order chi connectivity index (χ1) is 16.4. The minimum absolute atomic E-state index is 0.0189. The maximum atomic E-state index is 12.0. The van der Waals surface area contributed by atoms with Crippen LogP contribution in [0.5, 0.6) is 5.75 Å². The number of carbonyl (C=O) groups is 2. The van der Waals surface area contributed by atoms with Gasteiger partial charge >= 0.3 is 5.97 Å². The Morgan fingerprint density at radius 2 is 1.47 bits per heavy atom. The third kappa shape index (κ3) is 6.47. The van der Waals surface area contributed by atoms with E-state index in [9.17, 15) is 19.7 Å². The van der Waals surface area contributed by atoms with Crippen molar-refractivity contribution in [2.24, 2.45) is 5.92 Å². The first kappa shape index (κ1) is 24.6. The number of nitro benzene ring substituents is 1. The lowest BCUT2D eigenvalue weighted by molar-refractivity contribution is -0.384. The van der Waals surface area contributed by atoms with Crippen LogP contribution in [-0.4, -0.2) is 42.1 Å². The van der Waals surface area contributed by atoms with Crippen LogP contribution in [0, 0.1) is 16.0 Å². The van der Waals surface area contributed by atoms with Gasteiger partial charge in [-0.2, -0.15) is 0 Å². The first-order valence-electron chi connectivity index (χ1n) is 10.3. The Bertz CT molecular complexity index is 1110. The number of hydrogen-bond donors (Lipinski definition) is 1. The van der Waals surface area contributed by atoms with Gasteiger partial charge in [-0.25, -0.2) is 0 Å². The summed E-state index contributed by atoms with van der Waals surface area (Å²) in [5, 5.41) is 19.3. The summed E-state index contributed by atoms with van der Waals surface area (Å²) in [5.74, 6) is -0.851. The molecule has 0 spiro atoms. The molecule has 1 heterocycles. The number of nitrogens with zero attached hydrogens (tertiary/aromatic N) is 1. The van der Waals surface area contributed by atoms with Gasteiger partial charge in [0.2, 0.25) is 0 Å². The Labute approximate surface area is 195 Å². The molecule has 0 bridgehead atoms. The number of nitro groups is 1. The van der Waals surface area contributed by atoms with Crippen molar-refractivity contribution in [3.8, 4) is 5.75 Å². The number of aliphatic carboxylic acids is 1. The molecule has 0 amide bonds. The average Bonchev–Trinajstić information content (AvgIpc) is 2.89. The van der Waals surface area contributed by atoms with Crippen LogP contribution in [0.2, 0.25) is 0 Å². The van der Waals surface area contributed by atoms with Crippen molar-refractivity contribution >= 4 is 17.4 Å². The Balaban J connectivity index is 0.000000191. The lowest BCUT2D eigenvalue weighted by Crippen LogP contribution is -2.32. The minimum atomic E-state index is -0.891. The zero-order valence-corrected chi connectivity index (χ0v) is 18.3. The molecule has 1 aliphatic heterocycles. The van der Waals surface area contributed by atoms with E-state index < -0.39 is 23.1 Å². The smallest absolute Gasteiger partial charge is 0.311 e. The molecule has 0 saturated carbocycles. The van der Waals surface area contributed by atoms with Gasteiger partial charge in [0.1, 0.15) is 11.7 Å². The molecular weight excluding hydrogens is 442 g/mol. The van der Waals surface area contributed by atoms with E-state index in [1.807, 2.05) is 30.3 Å². The number of non-ortho nitro benzene ring substituents is 1. The number of methoxy groups -OCH3 is 1. The van der Waals surface area contributed by atoms with E-state index in [1.165, 1.54) is 24.3 Å². The monoisotopic (exact) mass is 465 g/mol. The lowest BCUT2D eigenvalue weighted by atomic mass is 10.0. The van der Waals surface area contributed by atoms with Crippen LogP contribution in [0.15, 0.2) is 78.9 Å². The lowest BCUT2D eigenvalue weighted by Gasteiger charge is -2.27. The fourth-order valence-corrected chi connectivity index (χ4v) is 3.09. The molecule has 3 aromatic rings. The number of rotatable bonds is 6. The van der Waals surface area contributed by atoms with Crippen molar-refractivity contribution in [3.63, 3.8) is 0 Å². The number of carboxylic acid groups (broad SMARTS) is 1. The Morgan fingerprint density at radius 3 is 1.97 bits per heavy atom. The van der Waals surface area contributed by atoms with Crippen molar-refractivity contribution in [1.82, 2.24) is 0 Å². The highest BCUT2D eigenvalue weighted by Gasteiger charge is 2.28. The van der Waals surface area contributed by atoms with E-state index in [1.54, 1.807) is 31.4 Å². The molecular formula is C25H23NO8. The molecule has 1 aliphatic rings. The summed E-state index contributed by atoms with van der Waals surface area (Å²) in [5.41, 5.74) is 1.85. The molecule has 0 aromatic heterocycles. The summed E-state index contributed by atoms with van der Waals surface area (Å²) < 4.78 is 15.8. The van der Waals surface area contributed by atoms with Crippen LogP contribution in [-0.2, 0) is 14.3 Å². The average molecular weight is 465 g/mol. The molecule has 1 N–H and O–H groups in total. The summed E-state index contributed by atoms with van der Waals surface area (Å²) in [6.07, 6.45) is -0.489. The highest BCUT2D eigenvalue weighted by molar-refractivity contribution is 6.09. The van der Waals surface area contributed by atoms with Crippen LogP contribution in [0.25, 0.3) is 0 Å². The highest BCUT2D eigenvalue weighted by Crippen LogP contribution is 2.26. The molecule has 34 heavy (non-hydrogen) atoms. The van der Waals surface area contributed by atoms with Gasteiger partial charge in [-0.3, -0.25) is 19.7 Å². The Morgan fingerprint density at radius 1 is 0.912 bits per heavy atom. The number of ether oxygens (including phenoxy) is 3. The first-order valence-corrected chi connectivity index (χ1v) is 10.3. The van der Waals surface area contributed by atoms with Crippen LogP contribution in [0.4, 0.5) is 5.69 Å². The molecule has 0 unspecified atom stereocenters. The maximum Gasteiger partial charge on any atom is 0.311 e. The summed E-state index contributed by atoms with van der Waals surface area (Å²) in [6, 6.07) is 21.7. The Kier molecular flexibility index (Phi) is 8.44. The van der Waals surface area contributed by atoms with E-state index in [2.05, 4.69) is 0 Å². The third-order valence-electron chi connectivity index (χ3n) is 5.01. The normalized spacial score (nSPS) is 17.1. The number of ketones is 1. The molecule has 1 saturated heterocycles. The highest BCUT2D eigenvalue weighted by atomic mass is 16.7. The molecule has 9 nitrogen and oxygen atoms in total. The van der Waals surface area contributed by atoms with Crippen LogP contribution in [0.3, 0.4) is 0 Å². The van der Waals surface area contributed by atoms with Gasteiger partial charge in [0.15, 0.2) is 12.1 Å². The zero-order chi connectivity index (χ0) is 24.5. The van der Waals surface area contributed by atoms with Gasteiger partial charge in [0, 0.05) is 28.8 Å². The van der Waals surface area contributed by atoms with Crippen molar-refractivity contribution < 1.29 is 33.8 Å². The molecule has 0 radical (unpaired) electrons. The zero-order valence-electron chi connectivity index (χ0n) is 18.3. The van der Waals surface area contributed by atoms with Crippen molar-refractivity contribution in [2.45, 2.75) is 6.29 Å². The number of benzene rings is 3. The quantitative estimate of drug-likeness (QED) is 0.325. The number of carboxylic acids is 1. The van der Waals surface area contributed by atoms with Crippen molar-refractivity contribution in [1.29, 1.82) is 0 Å². The van der Waals surface area contributed by atoms with Gasteiger partial charge in [-0.05, 0) is 24.3 Å². The molecule has 4 rings (SSSR count). The molecule has 9 heteroatoms. The molecule has 3 aromatic carbocycles. The summed E-state index contributed by atoms with van der Waals surface area (Å²) >= 11 is 0. The Hall–Kier alpha value is -4.08. The second-order valence-corrected chi connectivity index (χ2v) is 7.31. The van der Waals surface area contributed by atoms with E-state index in [4.69, 9.17) is 19.3 Å². The van der Waals surface area contributed by atoms with Gasteiger partial charge < -0.3 is 19.3 Å². The second-order valence-electron chi connectivity index (χ2n) is 7.31. The van der Waals surface area contributed by atoms with Crippen LogP contribution in [0.1, 0.15) is 27.8 Å². The van der Waals surface area contributed by atoms with Gasteiger partial charge in [-0.15, -0.1) is 0 Å². The van der Waals surface area contributed by atoms with Gasteiger partial charge in [0.05, 0.1) is 25.2 Å². The molecule has 0 atom stereocenters. The van der Waals surface area contributed by atoms with E-state index in [-0.39, 0.29) is 24.7 Å². The SMILES string of the molecule is COc1ccc(C2OCC(C(=O)O)CO2)cc1.O=C(c1ccccc1)c1ccc([N+](=O)[O-])cc1. The van der Waals surface area contributed by atoms with Crippen molar-refractivity contribution in [3.05, 3.63) is 106 Å². The van der Waals surface area contributed by atoms with E-state index in [0.29, 0.717) is 11.1 Å². The summed E-state index contributed by atoms with van der Waals surface area (Å²) in [7, 11) is 1.60. The largest absolute Gasteiger partial charge is 0.497 e. The van der Waals surface area contributed by atoms with Gasteiger partial charge in [-0.1, -0.05) is 42.5 Å². The number of hydrogen-bond acceptors (Lipinski definition) is 7. The van der Waals surface area contributed by atoms with E-state index >= 15 is 0 Å². The van der Waals surface area contributed by atoms with Crippen LogP contribution >= 0.6 is 0 Å². The fourth-order valence-electron chi connectivity index (χ4n) is 3.09. The number of carbonyl (C=O) groups excluding carboxylic acids is 1. The summed E-state index contributed by atoms with van der Waals surface area (Å²) in [4.78, 5) is 32.6. The third-order valence-corrected chi connectivity index (χ3v) is 5.01. The minimum Gasteiger partial charge on any atom is -0.497 e. The van der Waals surface area contributed by atoms with Crippen LogP contribution < -0.4 is 4.74 Å². The van der Waals surface area contributed by atoms with E-state index in [0.717, 1.165) is 11.3 Å². The molecule has 176 valence electrons. The molecule has 1 fully saturated rings. The predicted molar refractivity (Wildman–Crippen MR) is 122 cm³/mol. The standard InChI is InChI=1S/C13H9NO3.C12H14O5/c15-13(10-4-2-1-3-5-10)11-6-8-12(9-7-11)14(16)17;1-15-10-4-2-8(3-5-10)12-16-6-9(7-17-12)11(13)14/h1-9H;2-5,9,12H,6-7H2,1H3,(H,13,14). The van der Waals surface area contributed by atoms with Gasteiger partial charge in [0.25, 0.3) is 5.69 Å². The molecule has 0 aliphatic carbocycles. The predicted octanol–water partition coefficient (Wildman–Crippen LogP) is 4.27. The maximum absolute atomic E-state index is 12.0. The fraction of sp³-hybridized carbons (Fsp3) is 0.200. The summed E-state index contributed by atoms with van der Waals surface area (Å²) in [6.45, 7) is 0.345. The topological polar surface area (TPSA) is 125 Å². The van der Waals surface area contributed by atoms with Crippen molar-refractivity contribution in [2.75, 3.05) is 20.3 Å².